The molecule has 1 aromatic carbocycles. The van der Waals surface area contributed by atoms with Gasteiger partial charge in [0, 0.05) is 11.3 Å². The fourth-order valence-electron chi connectivity index (χ4n) is 1.40. The molecule has 0 aromatic heterocycles. The lowest BCUT2D eigenvalue weighted by atomic mass is 9.97. The van der Waals surface area contributed by atoms with Crippen LogP contribution in [0.2, 0.25) is 0 Å². The summed E-state index contributed by atoms with van der Waals surface area (Å²) >= 11 is 0. The molecule has 7 heteroatoms. The maximum Gasteiger partial charge on any atom is 0.373 e. The molecular formula is C11H11F6N. The Hall–Kier alpha value is -1.40. The van der Waals surface area contributed by atoms with Gasteiger partial charge in [-0.25, -0.2) is 8.78 Å². The van der Waals surface area contributed by atoms with E-state index in [1.54, 1.807) is 0 Å². The third-order valence-corrected chi connectivity index (χ3v) is 2.76. The van der Waals surface area contributed by atoms with Crippen molar-refractivity contribution in [3.63, 3.8) is 0 Å². The summed E-state index contributed by atoms with van der Waals surface area (Å²) in [5.41, 5.74) is 4.68. The molecule has 0 atom stereocenters. The molecule has 0 saturated heterocycles. The number of hydrogen-bond acceptors (Lipinski definition) is 1. The van der Waals surface area contributed by atoms with Crippen LogP contribution in [0.1, 0.15) is 16.7 Å². The van der Waals surface area contributed by atoms with Gasteiger partial charge in [0.15, 0.2) is 0 Å². The standard InChI is InChI=1S/C11H11F6N/c1-5-3-7(4-8(18)6(5)2)10(14,15)11(16,17)9(12)13/h3-4,9H,18H2,1-2H3. The molecule has 0 aliphatic heterocycles. The Bertz CT molecular complexity index is 432. The van der Waals surface area contributed by atoms with Crippen LogP contribution in [0, 0.1) is 13.8 Å². The van der Waals surface area contributed by atoms with E-state index in [-0.39, 0.29) is 11.3 Å². The first-order chi connectivity index (χ1) is 8.01. The molecule has 0 amide bonds. The molecule has 0 saturated carbocycles. The average molecular weight is 271 g/mol. The molecule has 0 aliphatic rings. The van der Waals surface area contributed by atoms with Crippen LogP contribution in [0.5, 0.6) is 0 Å². The normalized spacial score (nSPS) is 13.2. The van der Waals surface area contributed by atoms with Crippen LogP contribution in [0.25, 0.3) is 0 Å². The van der Waals surface area contributed by atoms with Crippen molar-refractivity contribution in [2.45, 2.75) is 32.1 Å². The van der Waals surface area contributed by atoms with E-state index < -0.39 is 23.8 Å². The minimum Gasteiger partial charge on any atom is -0.398 e. The van der Waals surface area contributed by atoms with Crippen LogP contribution in [0.3, 0.4) is 0 Å². The minimum atomic E-state index is -5.44. The zero-order chi connectivity index (χ0) is 14.3. The number of hydrogen-bond donors (Lipinski definition) is 1. The van der Waals surface area contributed by atoms with Gasteiger partial charge in [0.1, 0.15) is 0 Å². The maximum absolute atomic E-state index is 13.4. The Morgan fingerprint density at radius 2 is 1.56 bits per heavy atom. The molecule has 2 N–H and O–H groups in total. The topological polar surface area (TPSA) is 26.0 Å². The number of anilines is 1. The molecule has 0 heterocycles. The second-order valence-corrected chi connectivity index (χ2v) is 4.01. The number of alkyl halides is 6. The molecular weight excluding hydrogens is 260 g/mol. The second-order valence-electron chi connectivity index (χ2n) is 4.01. The molecule has 0 radical (unpaired) electrons. The quantitative estimate of drug-likeness (QED) is 0.655. The lowest BCUT2D eigenvalue weighted by molar-refractivity contribution is -0.270. The van der Waals surface area contributed by atoms with Crippen molar-refractivity contribution in [2.24, 2.45) is 0 Å². The Morgan fingerprint density at radius 3 is 1.94 bits per heavy atom. The van der Waals surface area contributed by atoms with E-state index in [1.807, 2.05) is 0 Å². The fourth-order valence-corrected chi connectivity index (χ4v) is 1.40. The fraction of sp³-hybridized carbons (Fsp3) is 0.455. The number of nitrogen functional groups attached to an aromatic ring is 1. The number of halogens is 6. The van der Waals surface area contributed by atoms with Gasteiger partial charge < -0.3 is 5.73 Å². The van der Waals surface area contributed by atoms with Crippen LogP contribution in [0.4, 0.5) is 32.0 Å². The largest absolute Gasteiger partial charge is 0.398 e. The van der Waals surface area contributed by atoms with Gasteiger partial charge >= 0.3 is 18.3 Å². The van der Waals surface area contributed by atoms with Crippen LogP contribution in [-0.4, -0.2) is 12.3 Å². The van der Waals surface area contributed by atoms with E-state index >= 15 is 0 Å². The van der Waals surface area contributed by atoms with Crippen molar-refractivity contribution >= 4 is 5.69 Å². The van der Waals surface area contributed by atoms with E-state index in [1.165, 1.54) is 13.8 Å². The van der Waals surface area contributed by atoms with Gasteiger partial charge in [-0.2, -0.15) is 17.6 Å². The van der Waals surface area contributed by atoms with Crippen LogP contribution in [0.15, 0.2) is 12.1 Å². The lowest BCUT2D eigenvalue weighted by Crippen LogP contribution is -2.44. The lowest BCUT2D eigenvalue weighted by Gasteiger charge is -2.26. The molecule has 1 nitrogen and oxygen atoms in total. The van der Waals surface area contributed by atoms with E-state index in [2.05, 4.69) is 0 Å². The minimum absolute atomic E-state index is 0.144. The molecule has 0 aliphatic carbocycles. The third-order valence-electron chi connectivity index (χ3n) is 2.76. The zero-order valence-corrected chi connectivity index (χ0v) is 9.58. The van der Waals surface area contributed by atoms with Crippen LogP contribution in [-0.2, 0) is 5.92 Å². The molecule has 18 heavy (non-hydrogen) atoms. The number of rotatable bonds is 3. The summed E-state index contributed by atoms with van der Waals surface area (Å²) < 4.78 is 76.5. The summed E-state index contributed by atoms with van der Waals surface area (Å²) in [7, 11) is 0. The number of nitrogens with two attached hydrogens (primary N) is 1. The molecule has 1 aromatic rings. The van der Waals surface area contributed by atoms with Gasteiger partial charge in [-0.15, -0.1) is 0 Å². The molecule has 1 rings (SSSR count). The van der Waals surface area contributed by atoms with E-state index in [4.69, 9.17) is 5.73 Å². The summed E-state index contributed by atoms with van der Waals surface area (Å²) in [5.74, 6) is -10.4. The van der Waals surface area contributed by atoms with Crippen LogP contribution >= 0.6 is 0 Å². The highest BCUT2D eigenvalue weighted by atomic mass is 19.3. The molecule has 0 unspecified atom stereocenters. The third kappa shape index (κ3) is 2.13. The summed E-state index contributed by atoms with van der Waals surface area (Å²) in [6.45, 7) is 2.89. The van der Waals surface area contributed by atoms with E-state index in [0.717, 1.165) is 6.07 Å². The van der Waals surface area contributed by atoms with E-state index in [9.17, 15) is 26.3 Å². The first-order valence-corrected chi connectivity index (χ1v) is 4.92. The summed E-state index contributed by atoms with van der Waals surface area (Å²) in [4.78, 5) is 0. The number of aryl methyl sites for hydroxylation is 1. The van der Waals surface area contributed by atoms with Gasteiger partial charge in [-0.05, 0) is 37.1 Å². The Morgan fingerprint density at radius 1 is 1.06 bits per heavy atom. The first kappa shape index (κ1) is 14.7. The summed E-state index contributed by atoms with van der Waals surface area (Å²) in [6.07, 6.45) is -4.46. The van der Waals surface area contributed by atoms with Crippen molar-refractivity contribution in [2.75, 3.05) is 5.73 Å². The average Bonchev–Trinajstić information content (AvgIpc) is 2.24. The molecule has 102 valence electrons. The van der Waals surface area contributed by atoms with Gasteiger partial charge in [0.2, 0.25) is 0 Å². The molecule has 0 fully saturated rings. The van der Waals surface area contributed by atoms with Crippen LogP contribution < -0.4 is 5.73 Å². The highest BCUT2D eigenvalue weighted by Crippen LogP contribution is 2.47. The van der Waals surface area contributed by atoms with E-state index in [0.29, 0.717) is 11.6 Å². The number of benzene rings is 1. The SMILES string of the molecule is Cc1cc(C(F)(F)C(F)(F)C(F)F)cc(N)c1C. The Labute approximate surface area is 99.6 Å². The van der Waals surface area contributed by atoms with Gasteiger partial charge in [-0.3, -0.25) is 0 Å². The smallest absolute Gasteiger partial charge is 0.373 e. The predicted octanol–water partition coefficient (Wildman–Crippen LogP) is 3.88. The Balaban J connectivity index is 3.37. The van der Waals surface area contributed by atoms with Crippen molar-refractivity contribution < 1.29 is 26.3 Å². The van der Waals surface area contributed by atoms with Crippen molar-refractivity contribution in [1.82, 2.24) is 0 Å². The van der Waals surface area contributed by atoms with Crippen molar-refractivity contribution in [1.29, 1.82) is 0 Å². The van der Waals surface area contributed by atoms with Crippen molar-refractivity contribution in [3.05, 3.63) is 28.8 Å². The molecule has 0 spiro atoms. The second kappa shape index (κ2) is 4.37. The summed E-state index contributed by atoms with van der Waals surface area (Å²) in [5, 5.41) is 0. The highest BCUT2D eigenvalue weighted by Gasteiger charge is 2.63. The van der Waals surface area contributed by atoms with Gasteiger partial charge in [0.25, 0.3) is 0 Å². The first-order valence-electron chi connectivity index (χ1n) is 4.92. The predicted molar refractivity (Wildman–Crippen MR) is 55.2 cm³/mol. The summed E-state index contributed by atoms with van der Waals surface area (Å²) in [6, 6.07) is 1.33. The van der Waals surface area contributed by atoms with Gasteiger partial charge in [-0.1, -0.05) is 0 Å². The zero-order valence-electron chi connectivity index (χ0n) is 9.58. The van der Waals surface area contributed by atoms with Gasteiger partial charge in [0.05, 0.1) is 0 Å². The highest BCUT2D eigenvalue weighted by molar-refractivity contribution is 5.53. The maximum atomic E-state index is 13.4. The monoisotopic (exact) mass is 271 g/mol. The molecule has 0 bridgehead atoms. The van der Waals surface area contributed by atoms with Crippen molar-refractivity contribution in [3.8, 4) is 0 Å². The Kier molecular flexibility index (Phi) is 3.56.